The molecule has 1 atom stereocenters. The predicted molar refractivity (Wildman–Crippen MR) is 122 cm³/mol. The highest BCUT2D eigenvalue weighted by Crippen LogP contribution is 2.28. The fourth-order valence-electron chi connectivity index (χ4n) is 3.91. The number of hydrogen-bond donors (Lipinski definition) is 1. The van der Waals surface area contributed by atoms with Crippen LogP contribution in [0.3, 0.4) is 0 Å². The van der Waals surface area contributed by atoms with E-state index in [4.69, 9.17) is 23.2 Å². The van der Waals surface area contributed by atoms with Gasteiger partial charge in [-0.2, -0.15) is 0 Å². The highest BCUT2D eigenvalue weighted by atomic mass is 35.5. The Morgan fingerprint density at radius 3 is 2.74 bits per heavy atom. The molecular weight excluding hydrogens is 459 g/mol. The minimum absolute atomic E-state index is 0.0716. The van der Waals surface area contributed by atoms with E-state index in [1.54, 1.807) is 28.0 Å². The van der Waals surface area contributed by atoms with Crippen LogP contribution in [0.25, 0.3) is 0 Å². The van der Waals surface area contributed by atoms with Crippen LogP contribution in [0.4, 0.5) is 10.8 Å². The first-order valence-electron chi connectivity index (χ1n) is 10.2. The Morgan fingerprint density at radius 2 is 2.00 bits per heavy atom. The van der Waals surface area contributed by atoms with Crippen LogP contribution >= 0.6 is 34.5 Å². The van der Waals surface area contributed by atoms with E-state index >= 15 is 0 Å². The van der Waals surface area contributed by atoms with E-state index in [-0.39, 0.29) is 24.1 Å². The van der Waals surface area contributed by atoms with Gasteiger partial charge >= 0.3 is 0 Å². The Morgan fingerprint density at radius 1 is 1.16 bits per heavy atom. The third-order valence-corrected chi connectivity index (χ3v) is 7.14. The van der Waals surface area contributed by atoms with Crippen molar-refractivity contribution >= 4 is 63.1 Å². The fraction of sp³-hybridized carbons (Fsp3) is 0.429. The zero-order valence-electron chi connectivity index (χ0n) is 16.8. The second-order valence-corrected chi connectivity index (χ2v) is 9.31. The summed E-state index contributed by atoms with van der Waals surface area (Å²) in [5, 5.41) is 6.05. The lowest BCUT2D eigenvalue weighted by molar-refractivity contribution is -0.139. The molecule has 2 fully saturated rings. The topological polar surface area (TPSA) is 82.6 Å². The van der Waals surface area contributed by atoms with E-state index < -0.39 is 6.04 Å². The summed E-state index contributed by atoms with van der Waals surface area (Å²) in [6, 6.07) is 4.34. The van der Waals surface area contributed by atoms with Gasteiger partial charge in [-0.1, -0.05) is 23.2 Å². The molecule has 31 heavy (non-hydrogen) atoms. The molecule has 2 aliphatic rings. The van der Waals surface area contributed by atoms with Crippen LogP contribution < -0.4 is 10.2 Å². The molecule has 1 aromatic carbocycles. The van der Waals surface area contributed by atoms with E-state index in [2.05, 4.69) is 10.3 Å². The molecule has 3 heterocycles. The van der Waals surface area contributed by atoms with Crippen molar-refractivity contribution in [1.82, 2.24) is 9.88 Å². The lowest BCUT2D eigenvalue weighted by Gasteiger charge is -2.34. The van der Waals surface area contributed by atoms with Crippen molar-refractivity contribution in [1.29, 1.82) is 0 Å². The smallest absolute Gasteiger partial charge is 0.247 e. The van der Waals surface area contributed by atoms with E-state index in [0.717, 1.165) is 19.3 Å². The van der Waals surface area contributed by atoms with Crippen molar-refractivity contribution in [2.24, 2.45) is 0 Å². The molecule has 0 spiro atoms. The Kier molecular flexibility index (Phi) is 6.79. The van der Waals surface area contributed by atoms with Crippen LogP contribution in [0.2, 0.25) is 10.0 Å². The molecule has 0 bridgehead atoms. The number of piperidine rings is 1. The van der Waals surface area contributed by atoms with Gasteiger partial charge in [0.25, 0.3) is 0 Å². The minimum Gasteiger partial charge on any atom is -0.330 e. The molecule has 2 saturated heterocycles. The van der Waals surface area contributed by atoms with Gasteiger partial charge in [-0.25, -0.2) is 4.98 Å². The first-order chi connectivity index (χ1) is 14.9. The summed E-state index contributed by atoms with van der Waals surface area (Å²) in [4.78, 5) is 45.6. The standard InChI is InChI=1S/C21H22Cl2N4O3S/c22-15-7-6-13(10-16(15)23)24-20(30)17-4-1-2-8-26(17)19(29)11-14-12-31-21(25-14)27-9-3-5-18(27)28/h6-7,10,12,17H,1-5,8-9,11H2,(H,24,30). The Bertz CT molecular complexity index is 1010. The van der Waals surface area contributed by atoms with Gasteiger partial charge in [0.1, 0.15) is 6.04 Å². The number of thiazole rings is 1. The molecule has 10 heteroatoms. The summed E-state index contributed by atoms with van der Waals surface area (Å²) in [6.07, 6.45) is 3.81. The molecule has 1 aromatic heterocycles. The summed E-state index contributed by atoms with van der Waals surface area (Å²) < 4.78 is 0. The second-order valence-electron chi connectivity index (χ2n) is 7.66. The average Bonchev–Trinajstić information content (AvgIpc) is 3.39. The van der Waals surface area contributed by atoms with Gasteiger partial charge in [0.2, 0.25) is 17.7 Å². The number of nitrogens with zero attached hydrogens (tertiary/aromatic N) is 3. The van der Waals surface area contributed by atoms with E-state index in [9.17, 15) is 14.4 Å². The number of nitrogens with one attached hydrogen (secondary N) is 1. The Labute approximate surface area is 194 Å². The summed E-state index contributed by atoms with van der Waals surface area (Å²) in [7, 11) is 0. The SMILES string of the molecule is O=C(Nc1ccc(Cl)c(Cl)c1)C1CCCCN1C(=O)Cc1csc(N2CCCC2=O)n1. The summed E-state index contributed by atoms with van der Waals surface area (Å²) in [5.41, 5.74) is 1.16. The van der Waals surface area contributed by atoms with Crippen molar-refractivity contribution in [3.63, 3.8) is 0 Å². The molecule has 1 N–H and O–H groups in total. The second kappa shape index (κ2) is 9.54. The molecule has 1 unspecified atom stereocenters. The molecule has 4 rings (SSSR count). The zero-order chi connectivity index (χ0) is 22.0. The number of carbonyl (C=O) groups excluding carboxylic acids is 3. The Balaban J connectivity index is 1.42. The zero-order valence-corrected chi connectivity index (χ0v) is 19.1. The van der Waals surface area contributed by atoms with Gasteiger partial charge in [-0.05, 0) is 43.9 Å². The molecule has 2 aromatic rings. The highest BCUT2D eigenvalue weighted by molar-refractivity contribution is 7.14. The van der Waals surface area contributed by atoms with Crippen molar-refractivity contribution in [3.8, 4) is 0 Å². The fourth-order valence-corrected chi connectivity index (χ4v) is 5.08. The molecule has 0 aliphatic carbocycles. The molecule has 2 aliphatic heterocycles. The maximum absolute atomic E-state index is 13.0. The third kappa shape index (κ3) is 5.02. The largest absolute Gasteiger partial charge is 0.330 e. The highest BCUT2D eigenvalue weighted by Gasteiger charge is 2.33. The normalized spacial score (nSPS) is 19.0. The number of carbonyl (C=O) groups is 3. The maximum atomic E-state index is 13.0. The van der Waals surface area contributed by atoms with Gasteiger partial charge in [-0.3, -0.25) is 19.3 Å². The molecule has 0 saturated carbocycles. The van der Waals surface area contributed by atoms with Gasteiger partial charge in [0, 0.05) is 30.6 Å². The van der Waals surface area contributed by atoms with Gasteiger partial charge < -0.3 is 10.2 Å². The number of aromatic nitrogens is 1. The van der Waals surface area contributed by atoms with E-state index in [1.807, 2.05) is 5.38 Å². The molecule has 7 nitrogen and oxygen atoms in total. The van der Waals surface area contributed by atoms with E-state index in [0.29, 0.717) is 52.5 Å². The third-order valence-electron chi connectivity index (χ3n) is 5.49. The number of amides is 3. The molecule has 0 radical (unpaired) electrons. The van der Waals surface area contributed by atoms with Crippen LogP contribution in [0.5, 0.6) is 0 Å². The van der Waals surface area contributed by atoms with Crippen LogP contribution in [0.15, 0.2) is 23.6 Å². The molecule has 164 valence electrons. The average molecular weight is 481 g/mol. The maximum Gasteiger partial charge on any atom is 0.247 e. The first-order valence-corrected chi connectivity index (χ1v) is 11.9. The van der Waals surface area contributed by atoms with E-state index in [1.165, 1.54) is 11.3 Å². The van der Waals surface area contributed by atoms with Crippen LogP contribution in [0, 0.1) is 0 Å². The van der Waals surface area contributed by atoms with Gasteiger partial charge in [-0.15, -0.1) is 11.3 Å². The quantitative estimate of drug-likeness (QED) is 0.696. The predicted octanol–water partition coefficient (Wildman–Crippen LogP) is 4.14. The van der Waals surface area contributed by atoms with Crippen LogP contribution in [-0.4, -0.2) is 46.7 Å². The molecule has 3 amide bonds. The summed E-state index contributed by atoms with van der Waals surface area (Å²) in [6.45, 7) is 1.20. The number of halogens is 2. The van der Waals surface area contributed by atoms with Crippen molar-refractivity contribution in [2.75, 3.05) is 23.3 Å². The van der Waals surface area contributed by atoms with Crippen LogP contribution in [-0.2, 0) is 20.8 Å². The van der Waals surface area contributed by atoms with Gasteiger partial charge in [0.15, 0.2) is 5.13 Å². The Hall–Kier alpha value is -2.16. The number of benzene rings is 1. The summed E-state index contributed by atoms with van der Waals surface area (Å²) in [5.74, 6) is -0.311. The van der Waals surface area contributed by atoms with Crippen molar-refractivity contribution < 1.29 is 14.4 Å². The minimum atomic E-state index is -0.547. The first kappa shape index (κ1) is 22.0. The van der Waals surface area contributed by atoms with Gasteiger partial charge in [0.05, 0.1) is 22.2 Å². The number of hydrogen-bond acceptors (Lipinski definition) is 5. The van der Waals surface area contributed by atoms with Crippen LogP contribution in [0.1, 0.15) is 37.8 Å². The monoisotopic (exact) mass is 480 g/mol. The number of likely N-dealkylation sites (tertiary alicyclic amines) is 1. The molecular formula is C21H22Cl2N4O3S. The number of anilines is 2. The van der Waals surface area contributed by atoms with Crippen molar-refractivity contribution in [2.45, 2.75) is 44.6 Å². The lowest BCUT2D eigenvalue weighted by Crippen LogP contribution is -2.50. The number of rotatable bonds is 5. The van der Waals surface area contributed by atoms with Crippen molar-refractivity contribution in [3.05, 3.63) is 39.3 Å². The lowest BCUT2D eigenvalue weighted by atomic mass is 10.0. The summed E-state index contributed by atoms with van der Waals surface area (Å²) >= 11 is 13.3.